The Bertz CT molecular complexity index is 642. The second kappa shape index (κ2) is 7.54. The average molecular weight is 305 g/mol. The minimum absolute atomic E-state index is 0.113. The van der Waals surface area contributed by atoms with Crippen LogP contribution in [0.1, 0.15) is 11.1 Å². The highest BCUT2D eigenvalue weighted by atomic mass is 19.2. The van der Waals surface area contributed by atoms with Crippen LogP contribution in [0.5, 0.6) is 5.75 Å². The predicted octanol–water partition coefficient (Wildman–Crippen LogP) is 3.01. The average Bonchev–Trinajstić information content (AvgIpc) is 2.49. The van der Waals surface area contributed by atoms with Gasteiger partial charge in [0.15, 0.2) is 11.6 Å². The van der Waals surface area contributed by atoms with Gasteiger partial charge < -0.3 is 10.1 Å². The molecule has 0 aliphatic heterocycles. The molecule has 0 aromatic heterocycles. The molecule has 1 amide bonds. The molecule has 0 saturated carbocycles. The third kappa shape index (κ3) is 4.84. The summed E-state index contributed by atoms with van der Waals surface area (Å²) in [5.41, 5.74) is 2.08. The van der Waals surface area contributed by atoms with Crippen molar-refractivity contribution in [3.05, 3.63) is 65.2 Å². The van der Waals surface area contributed by atoms with Crippen molar-refractivity contribution in [2.45, 2.75) is 13.3 Å². The molecule has 0 radical (unpaired) electrons. The molecule has 2 aromatic rings. The largest absolute Gasteiger partial charge is 0.492 e. The molecule has 0 atom stereocenters. The highest BCUT2D eigenvalue weighted by Crippen LogP contribution is 2.14. The molecular weight excluding hydrogens is 288 g/mol. The van der Waals surface area contributed by atoms with E-state index in [1.54, 1.807) is 0 Å². The number of benzene rings is 2. The van der Waals surface area contributed by atoms with Gasteiger partial charge in [-0.25, -0.2) is 8.78 Å². The molecule has 0 heterocycles. The molecule has 3 nitrogen and oxygen atoms in total. The van der Waals surface area contributed by atoms with E-state index in [0.29, 0.717) is 13.0 Å². The molecule has 2 aromatic carbocycles. The van der Waals surface area contributed by atoms with E-state index in [4.69, 9.17) is 4.74 Å². The van der Waals surface area contributed by atoms with Crippen LogP contribution >= 0.6 is 0 Å². The van der Waals surface area contributed by atoms with Gasteiger partial charge in [-0.2, -0.15) is 0 Å². The fourth-order valence-corrected chi connectivity index (χ4v) is 1.88. The Balaban J connectivity index is 1.70. The van der Waals surface area contributed by atoms with Crippen molar-refractivity contribution in [1.29, 1.82) is 0 Å². The second-order valence-corrected chi connectivity index (χ2v) is 4.94. The monoisotopic (exact) mass is 305 g/mol. The summed E-state index contributed by atoms with van der Waals surface area (Å²) in [6.07, 6.45) is 0.297. The zero-order chi connectivity index (χ0) is 15.9. The normalized spacial score (nSPS) is 10.3. The summed E-state index contributed by atoms with van der Waals surface area (Å²) in [6.45, 7) is 2.47. The van der Waals surface area contributed by atoms with Gasteiger partial charge in [0.2, 0.25) is 5.91 Å². The van der Waals surface area contributed by atoms with Crippen molar-refractivity contribution >= 4 is 5.91 Å². The van der Waals surface area contributed by atoms with Crippen molar-refractivity contribution in [3.63, 3.8) is 0 Å². The molecule has 0 saturated heterocycles. The van der Waals surface area contributed by atoms with Crippen molar-refractivity contribution < 1.29 is 18.3 Å². The first-order valence-electron chi connectivity index (χ1n) is 6.94. The van der Waals surface area contributed by atoms with Gasteiger partial charge in [0.25, 0.3) is 0 Å². The SMILES string of the molecule is Cc1ccc(CC(=O)NCCOc2ccc(F)c(F)c2)cc1. The lowest BCUT2D eigenvalue weighted by Crippen LogP contribution is -2.29. The molecular formula is C17H17F2NO2. The number of halogens is 2. The zero-order valence-corrected chi connectivity index (χ0v) is 12.2. The number of amides is 1. The van der Waals surface area contributed by atoms with E-state index in [2.05, 4.69) is 5.32 Å². The lowest BCUT2D eigenvalue weighted by molar-refractivity contribution is -0.120. The van der Waals surface area contributed by atoms with Crippen LogP contribution in [0, 0.1) is 18.6 Å². The Hall–Kier alpha value is -2.43. The number of hydrogen-bond acceptors (Lipinski definition) is 2. The third-order valence-electron chi connectivity index (χ3n) is 3.07. The molecule has 0 spiro atoms. The first-order valence-corrected chi connectivity index (χ1v) is 6.94. The van der Waals surface area contributed by atoms with Crippen molar-refractivity contribution in [1.82, 2.24) is 5.32 Å². The van der Waals surface area contributed by atoms with Gasteiger partial charge in [-0.15, -0.1) is 0 Å². The highest BCUT2D eigenvalue weighted by molar-refractivity contribution is 5.78. The predicted molar refractivity (Wildman–Crippen MR) is 79.7 cm³/mol. The fourth-order valence-electron chi connectivity index (χ4n) is 1.88. The quantitative estimate of drug-likeness (QED) is 0.833. The highest BCUT2D eigenvalue weighted by Gasteiger charge is 2.05. The summed E-state index contributed by atoms with van der Waals surface area (Å²) in [7, 11) is 0. The van der Waals surface area contributed by atoms with E-state index in [1.165, 1.54) is 6.07 Å². The molecule has 2 rings (SSSR count). The maximum absolute atomic E-state index is 13.0. The molecule has 0 bridgehead atoms. The van der Waals surface area contributed by atoms with Crippen LogP contribution in [0.25, 0.3) is 0 Å². The van der Waals surface area contributed by atoms with Crippen LogP contribution in [-0.4, -0.2) is 19.1 Å². The number of carbonyl (C=O) groups excluding carboxylic acids is 1. The lowest BCUT2D eigenvalue weighted by atomic mass is 10.1. The van der Waals surface area contributed by atoms with E-state index in [9.17, 15) is 13.6 Å². The first kappa shape index (κ1) is 15.9. The van der Waals surface area contributed by atoms with Gasteiger partial charge in [0.05, 0.1) is 13.0 Å². The van der Waals surface area contributed by atoms with E-state index < -0.39 is 11.6 Å². The molecule has 0 aliphatic rings. The van der Waals surface area contributed by atoms with Crippen LogP contribution in [-0.2, 0) is 11.2 Å². The summed E-state index contributed by atoms with van der Waals surface area (Å²) in [4.78, 5) is 11.7. The minimum atomic E-state index is -0.957. The van der Waals surface area contributed by atoms with Crippen molar-refractivity contribution in [3.8, 4) is 5.75 Å². The third-order valence-corrected chi connectivity index (χ3v) is 3.07. The zero-order valence-electron chi connectivity index (χ0n) is 12.2. The molecule has 0 aliphatic carbocycles. The summed E-state index contributed by atoms with van der Waals surface area (Å²) in [5.74, 6) is -1.76. The lowest BCUT2D eigenvalue weighted by Gasteiger charge is -2.08. The molecule has 116 valence electrons. The maximum Gasteiger partial charge on any atom is 0.224 e. The van der Waals surface area contributed by atoms with Gasteiger partial charge in [-0.1, -0.05) is 29.8 Å². The minimum Gasteiger partial charge on any atom is -0.492 e. The Morgan fingerprint density at radius 2 is 1.82 bits per heavy atom. The standard InChI is InChI=1S/C17H17F2NO2/c1-12-2-4-13(5-3-12)10-17(21)20-8-9-22-14-6-7-15(18)16(19)11-14/h2-7,11H,8-10H2,1H3,(H,20,21). The molecule has 1 N–H and O–H groups in total. The van der Waals surface area contributed by atoms with E-state index in [1.807, 2.05) is 31.2 Å². The Morgan fingerprint density at radius 3 is 2.50 bits per heavy atom. The number of rotatable bonds is 6. The van der Waals surface area contributed by atoms with Gasteiger partial charge in [0.1, 0.15) is 12.4 Å². The number of carbonyl (C=O) groups is 1. The van der Waals surface area contributed by atoms with Gasteiger partial charge in [0, 0.05) is 6.07 Å². The maximum atomic E-state index is 13.0. The van der Waals surface area contributed by atoms with E-state index >= 15 is 0 Å². The summed E-state index contributed by atoms with van der Waals surface area (Å²) >= 11 is 0. The van der Waals surface area contributed by atoms with E-state index in [-0.39, 0.29) is 18.3 Å². The van der Waals surface area contributed by atoms with Crippen LogP contribution < -0.4 is 10.1 Å². The topological polar surface area (TPSA) is 38.3 Å². The van der Waals surface area contributed by atoms with Crippen LogP contribution in [0.4, 0.5) is 8.78 Å². The summed E-state index contributed by atoms with van der Waals surface area (Å²) < 4.78 is 30.9. The second-order valence-electron chi connectivity index (χ2n) is 4.94. The van der Waals surface area contributed by atoms with Gasteiger partial charge in [-0.05, 0) is 24.6 Å². The Morgan fingerprint density at radius 1 is 1.09 bits per heavy atom. The molecule has 0 fully saturated rings. The van der Waals surface area contributed by atoms with Crippen LogP contribution in [0.2, 0.25) is 0 Å². The van der Waals surface area contributed by atoms with Crippen molar-refractivity contribution in [2.75, 3.05) is 13.2 Å². The number of hydrogen-bond donors (Lipinski definition) is 1. The summed E-state index contributed by atoms with van der Waals surface area (Å²) in [5, 5.41) is 2.71. The van der Waals surface area contributed by atoms with Gasteiger partial charge >= 0.3 is 0 Å². The van der Waals surface area contributed by atoms with Crippen LogP contribution in [0.15, 0.2) is 42.5 Å². The van der Waals surface area contributed by atoms with Crippen molar-refractivity contribution in [2.24, 2.45) is 0 Å². The molecule has 22 heavy (non-hydrogen) atoms. The van der Waals surface area contributed by atoms with Crippen LogP contribution in [0.3, 0.4) is 0 Å². The first-order chi connectivity index (χ1) is 10.5. The van der Waals surface area contributed by atoms with Gasteiger partial charge in [-0.3, -0.25) is 4.79 Å². The smallest absolute Gasteiger partial charge is 0.224 e. The number of nitrogens with one attached hydrogen (secondary N) is 1. The number of ether oxygens (including phenoxy) is 1. The fraction of sp³-hybridized carbons (Fsp3) is 0.235. The Labute approximate surface area is 127 Å². The van der Waals surface area contributed by atoms with E-state index in [0.717, 1.165) is 23.3 Å². The Kier molecular flexibility index (Phi) is 5.47. The molecule has 5 heteroatoms. The molecule has 0 unspecified atom stereocenters. The number of aryl methyl sites for hydroxylation is 1. The summed E-state index contributed by atoms with van der Waals surface area (Å²) in [6, 6.07) is 11.0.